The molecule has 1 N–H and O–H groups in total. The highest BCUT2D eigenvalue weighted by Crippen LogP contribution is 2.29. The summed E-state index contributed by atoms with van der Waals surface area (Å²) in [6.45, 7) is 8.04. The van der Waals surface area contributed by atoms with Gasteiger partial charge in [0.1, 0.15) is 6.61 Å². The highest BCUT2D eigenvalue weighted by atomic mass is 35.5. The number of piperidine rings is 2. The number of hydrogen-bond acceptors (Lipinski definition) is 5. The van der Waals surface area contributed by atoms with Crippen LogP contribution in [0, 0.1) is 12.8 Å². The van der Waals surface area contributed by atoms with Gasteiger partial charge in [-0.15, -0.1) is 0 Å². The van der Waals surface area contributed by atoms with Crippen molar-refractivity contribution in [3.63, 3.8) is 0 Å². The largest absolute Gasteiger partial charge is 0.472 e. The van der Waals surface area contributed by atoms with Crippen molar-refractivity contribution in [2.24, 2.45) is 5.92 Å². The lowest BCUT2D eigenvalue weighted by molar-refractivity contribution is 0.0524. The summed E-state index contributed by atoms with van der Waals surface area (Å²) >= 11 is 6.37. The van der Waals surface area contributed by atoms with Crippen LogP contribution < -0.4 is 4.74 Å². The summed E-state index contributed by atoms with van der Waals surface area (Å²) in [5, 5.41) is 11.5. The second kappa shape index (κ2) is 11.3. The molecule has 5 nitrogen and oxygen atoms in total. The molecule has 2 aromatic carbocycles. The number of nitrogens with zero attached hydrogens (tertiary/aromatic N) is 3. The smallest absolute Gasteiger partial charge is 0.218 e. The maximum absolute atomic E-state index is 9.60. The van der Waals surface area contributed by atoms with Crippen LogP contribution in [-0.2, 0) is 13.2 Å². The quantitative estimate of drug-likeness (QED) is 0.474. The third-order valence-corrected chi connectivity index (χ3v) is 7.98. The van der Waals surface area contributed by atoms with Gasteiger partial charge in [0.15, 0.2) is 0 Å². The van der Waals surface area contributed by atoms with E-state index in [0.717, 1.165) is 54.6 Å². The number of aromatic nitrogens is 1. The number of pyridine rings is 1. The summed E-state index contributed by atoms with van der Waals surface area (Å²) in [4.78, 5) is 10.1. The van der Waals surface area contributed by atoms with Gasteiger partial charge < -0.3 is 9.84 Å². The molecule has 1 atom stereocenters. The van der Waals surface area contributed by atoms with Crippen molar-refractivity contribution < 1.29 is 9.84 Å². The molecule has 0 bridgehead atoms. The molecule has 3 aromatic rings. The zero-order valence-electron chi connectivity index (χ0n) is 20.6. The third-order valence-electron chi connectivity index (χ3n) is 7.61. The van der Waals surface area contributed by atoms with Gasteiger partial charge in [-0.3, -0.25) is 9.80 Å². The predicted octanol–water partition coefficient (Wildman–Crippen LogP) is 5.44. The van der Waals surface area contributed by atoms with Gasteiger partial charge in [-0.05, 0) is 82.4 Å². The standard InChI is InChI=1S/C29H36ClN3O2/c1-21-8-9-28-24(15-21)16-25(29(31-28)35-20-23-6-2-3-7-27(23)30)18-32-13-10-26(11-14-32)33-12-4-5-22(17-33)19-34/h2-3,6-9,15-16,22,26,34H,4-5,10-14,17-20H2,1H3. The van der Waals surface area contributed by atoms with E-state index in [-0.39, 0.29) is 0 Å². The van der Waals surface area contributed by atoms with Gasteiger partial charge in [0.2, 0.25) is 5.88 Å². The highest BCUT2D eigenvalue weighted by molar-refractivity contribution is 6.31. The van der Waals surface area contributed by atoms with Crippen LogP contribution in [0.3, 0.4) is 0 Å². The van der Waals surface area contributed by atoms with Crippen LogP contribution in [0.5, 0.6) is 5.88 Å². The van der Waals surface area contributed by atoms with E-state index in [1.807, 2.05) is 24.3 Å². The normalized spacial score (nSPS) is 20.4. The van der Waals surface area contributed by atoms with Gasteiger partial charge in [0.05, 0.1) is 5.52 Å². The van der Waals surface area contributed by atoms with Gasteiger partial charge in [-0.25, -0.2) is 4.98 Å². The molecule has 5 rings (SSSR count). The zero-order valence-corrected chi connectivity index (χ0v) is 21.4. The van der Waals surface area contributed by atoms with Crippen molar-refractivity contribution in [1.82, 2.24) is 14.8 Å². The fourth-order valence-electron chi connectivity index (χ4n) is 5.58. The molecule has 0 aliphatic carbocycles. The van der Waals surface area contributed by atoms with E-state index in [1.165, 1.54) is 31.4 Å². The van der Waals surface area contributed by atoms with Crippen molar-refractivity contribution in [2.45, 2.75) is 51.8 Å². The molecule has 0 amide bonds. The molecule has 0 radical (unpaired) electrons. The molecule has 0 saturated carbocycles. The average molecular weight is 494 g/mol. The van der Waals surface area contributed by atoms with Crippen LogP contribution in [0.2, 0.25) is 5.02 Å². The fourth-order valence-corrected chi connectivity index (χ4v) is 5.77. The molecule has 2 fully saturated rings. The molecular formula is C29H36ClN3O2. The first-order chi connectivity index (χ1) is 17.1. The van der Waals surface area contributed by atoms with E-state index >= 15 is 0 Å². The number of aliphatic hydroxyl groups is 1. The molecule has 0 spiro atoms. The number of likely N-dealkylation sites (tertiary alicyclic amines) is 2. The van der Waals surface area contributed by atoms with Crippen LogP contribution in [0.4, 0.5) is 0 Å². The van der Waals surface area contributed by atoms with Crippen LogP contribution in [-0.4, -0.2) is 58.7 Å². The van der Waals surface area contributed by atoms with E-state index in [4.69, 9.17) is 21.3 Å². The number of benzene rings is 2. The number of rotatable bonds is 7. The summed E-state index contributed by atoms with van der Waals surface area (Å²) < 4.78 is 6.27. The minimum atomic E-state index is 0.320. The van der Waals surface area contributed by atoms with Crippen LogP contribution in [0.25, 0.3) is 10.9 Å². The van der Waals surface area contributed by atoms with Crippen molar-refractivity contribution in [1.29, 1.82) is 0 Å². The molecule has 2 aliphatic heterocycles. The molecule has 35 heavy (non-hydrogen) atoms. The van der Waals surface area contributed by atoms with Crippen LogP contribution in [0.15, 0.2) is 48.5 Å². The van der Waals surface area contributed by atoms with Gasteiger partial charge in [0.25, 0.3) is 0 Å². The Labute approximate surface area is 213 Å². The third kappa shape index (κ3) is 5.97. The fraction of sp³-hybridized carbons (Fsp3) is 0.483. The highest BCUT2D eigenvalue weighted by Gasteiger charge is 2.29. The second-order valence-corrected chi connectivity index (χ2v) is 10.6. The van der Waals surface area contributed by atoms with Gasteiger partial charge in [-0.2, -0.15) is 0 Å². The number of aryl methyl sites for hydroxylation is 1. The number of fused-ring (bicyclic) bond motifs is 1. The van der Waals surface area contributed by atoms with Gasteiger partial charge in [0, 0.05) is 47.3 Å². The second-order valence-electron chi connectivity index (χ2n) is 10.2. The molecule has 186 valence electrons. The summed E-state index contributed by atoms with van der Waals surface area (Å²) in [7, 11) is 0. The van der Waals surface area contributed by atoms with E-state index < -0.39 is 0 Å². The average Bonchev–Trinajstić information content (AvgIpc) is 2.89. The lowest BCUT2D eigenvalue weighted by Crippen LogP contribution is -2.48. The molecular weight excluding hydrogens is 458 g/mol. The monoisotopic (exact) mass is 493 g/mol. The Balaban J connectivity index is 1.29. The predicted molar refractivity (Wildman–Crippen MR) is 142 cm³/mol. The lowest BCUT2D eigenvalue weighted by atomic mass is 9.94. The number of aliphatic hydroxyl groups excluding tert-OH is 1. The SMILES string of the molecule is Cc1ccc2nc(OCc3ccccc3Cl)c(CN3CCC(N4CCCC(CO)C4)CC3)cc2c1. The molecule has 2 aliphatic rings. The molecule has 1 unspecified atom stereocenters. The minimum absolute atomic E-state index is 0.320. The zero-order chi connectivity index (χ0) is 24.2. The number of ether oxygens (including phenoxy) is 1. The Morgan fingerprint density at radius 3 is 2.66 bits per heavy atom. The molecule has 3 heterocycles. The first kappa shape index (κ1) is 24.5. The Hall–Kier alpha value is -2.18. The van der Waals surface area contributed by atoms with Crippen molar-refractivity contribution >= 4 is 22.5 Å². The Morgan fingerprint density at radius 2 is 1.86 bits per heavy atom. The summed E-state index contributed by atoms with van der Waals surface area (Å²) in [5.41, 5.74) is 4.29. The minimum Gasteiger partial charge on any atom is -0.472 e. The molecule has 6 heteroatoms. The summed E-state index contributed by atoms with van der Waals surface area (Å²) in [6.07, 6.45) is 4.72. The van der Waals surface area contributed by atoms with Gasteiger partial charge in [-0.1, -0.05) is 41.4 Å². The summed E-state index contributed by atoms with van der Waals surface area (Å²) in [6, 6.07) is 17.1. The van der Waals surface area contributed by atoms with E-state index in [9.17, 15) is 5.11 Å². The van der Waals surface area contributed by atoms with E-state index in [1.54, 1.807) is 0 Å². The van der Waals surface area contributed by atoms with Crippen molar-refractivity contribution in [3.8, 4) is 5.88 Å². The number of hydrogen-bond donors (Lipinski definition) is 1. The maximum atomic E-state index is 9.60. The van der Waals surface area contributed by atoms with Crippen LogP contribution in [0.1, 0.15) is 42.4 Å². The van der Waals surface area contributed by atoms with Crippen LogP contribution >= 0.6 is 11.6 Å². The van der Waals surface area contributed by atoms with E-state index in [0.29, 0.717) is 36.1 Å². The lowest BCUT2D eigenvalue weighted by Gasteiger charge is -2.42. The Morgan fingerprint density at radius 1 is 1.03 bits per heavy atom. The maximum Gasteiger partial charge on any atom is 0.218 e. The molecule has 1 aromatic heterocycles. The first-order valence-electron chi connectivity index (χ1n) is 12.9. The first-order valence-corrected chi connectivity index (χ1v) is 13.3. The Kier molecular flexibility index (Phi) is 7.88. The number of halogens is 1. The summed E-state index contributed by atoms with van der Waals surface area (Å²) in [5.74, 6) is 1.15. The Bertz CT molecular complexity index is 1150. The van der Waals surface area contributed by atoms with E-state index in [2.05, 4.69) is 41.0 Å². The molecule has 2 saturated heterocycles. The van der Waals surface area contributed by atoms with Crippen molar-refractivity contribution in [3.05, 3.63) is 70.2 Å². The van der Waals surface area contributed by atoms with Gasteiger partial charge >= 0.3 is 0 Å². The van der Waals surface area contributed by atoms with Crippen molar-refractivity contribution in [2.75, 3.05) is 32.8 Å². The topological polar surface area (TPSA) is 48.8 Å².